The zero-order chi connectivity index (χ0) is 40.2. The smallest absolute Gasteiger partial charge is 0.249 e. The Morgan fingerprint density at radius 1 is 0.400 bits per heavy atom. The summed E-state index contributed by atoms with van der Waals surface area (Å²) in [4.78, 5) is 31.5. The molecule has 4 saturated heterocycles. The molecule has 2 amide bonds. The lowest BCUT2D eigenvalue weighted by atomic mass is 10.0. The molecule has 0 bridgehead atoms. The van der Waals surface area contributed by atoms with Gasteiger partial charge in [0.1, 0.15) is 6.61 Å². The van der Waals surface area contributed by atoms with Gasteiger partial charge in [0.2, 0.25) is 11.8 Å². The summed E-state index contributed by atoms with van der Waals surface area (Å²) in [6.07, 6.45) is 7.23. The van der Waals surface area contributed by atoms with Crippen molar-refractivity contribution < 1.29 is 19.1 Å². The molecule has 4 fully saturated rings. The van der Waals surface area contributed by atoms with Crippen molar-refractivity contribution in [2.24, 2.45) is 0 Å². The van der Waals surface area contributed by atoms with Gasteiger partial charge in [0.15, 0.2) is 0 Å². The molecule has 8 nitrogen and oxygen atoms in total. The van der Waals surface area contributed by atoms with E-state index in [1.54, 1.807) is 0 Å². The van der Waals surface area contributed by atoms with E-state index in [-0.39, 0.29) is 23.6 Å². The fourth-order valence-corrected chi connectivity index (χ4v) is 5.54. The molecule has 0 aliphatic carbocycles. The fourth-order valence-electron chi connectivity index (χ4n) is 5.54. The Balaban J connectivity index is -0.000000264. The van der Waals surface area contributed by atoms with E-state index in [1.807, 2.05) is 86.0 Å². The van der Waals surface area contributed by atoms with Crippen LogP contribution < -0.4 is 0 Å². The average molecular weight is 717 g/mol. The van der Waals surface area contributed by atoms with Crippen LogP contribution in [-0.4, -0.2) is 119 Å². The highest BCUT2D eigenvalue weighted by Crippen LogP contribution is 2.21. The number of morpholine rings is 2. The molecule has 0 radical (unpaired) electrons. The van der Waals surface area contributed by atoms with Gasteiger partial charge in [0.25, 0.3) is 0 Å². The third kappa shape index (κ3) is 26.5. The molecule has 0 N–H and O–H groups in total. The first-order valence-electron chi connectivity index (χ1n) is 20.5. The quantitative estimate of drug-likeness (QED) is 0.249. The fraction of sp³-hybridized carbons (Fsp3) is 0.952. The maximum absolute atomic E-state index is 11.4. The van der Waals surface area contributed by atoms with Gasteiger partial charge in [-0.25, -0.2) is 0 Å². The molecule has 0 unspecified atom stereocenters. The first-order valence-corrected chi connectivity index (χ1v) is 20.5. The number of carbonyl (C=O) groups is 2. The zero-order valence-corrected chi connectivity index (χ0v) is 37.7. The summed E-state index contributed by atoms with van der Waals surface area (Å²) in [5.41, 5.74) is 0.697. The molecule has 304 valence electrons. The van der Waals surface area contributed by atoms with Gasteiger partial charge in [0, 0.05) is 54.8 Å². The van der Waals surface area contributed by atoms with Crippen molar-refractivity contribution in [3.63, 3.8) is 0 Å². The third-order valence-electron chi connectivity index (χ3n) is 8.19. The first-order chi connectivity index (χ1) is 23.2. The molecule has 0 aromatic heterocycles. The molecule has 0 atom stereocenters. The van der Waals surface area contributed by atoms with E-state index in [2.05, 4.69) is 72.1 Å². The molecule has 0 aromatic carbocycles. The molecule has 4 rings (SSSR count). The summed E-state index contributed by atoms with van der Waals surface area (Å²) in [7, 11) is 0. The molecule has 0 saturated carbocycles. The number of ether oxygens (including phenoxy) is 2. The number of nitrogens with zero attached hydrogens (tertiary/aromatic N) is 4. The zero-order valence-electron chi connectivity index (χ0n) is 37.7. The lowest BCUT2D eigenvalue weighted by Crippen LogP contribution is -2.51. The largest absolute Gasteiger partial charge is 0.379 e. The molecule has 4 heterocycles. The lowest BCUT2D eigenvalue weighted by Gasteiger charge is -2.38. The molecule has 0 aromatic rings. The van der Waals surface area contributed by atoms with Crippen LogP contribution in [0, 0.1) is 0 Å². The van der Waals surface area contributed by atoms with Crippen LogP contribution >= 0.6 is 0 Å². The van der Waals surface area contributed by atoms with Crippen molar-refractivity contribution >= 4 is 11.8 Å². The second-order valence-corrected chi connectivity index (χ2v) is 15.9. The number of hydrogen-bond donors (Lipinski definition) is 0. The van der Waals surface area contributed by atoms with Crippen molar-refractivity contribution in [1.29, 1.82) is 0 Å². The molecular formula is C42H92N4O4. The normalized spacial score (nSPS) is 18.8. The highest BCUT2D eigenvalue weighted by Gasteiger charge is 2.29. The number of amides is 2. The lowest BCUT2D eigenvalue weighted by molar-refractivity contribution is -0.148. The van der Waals surface area contributed by atoms with Gasteiger partial charge in [-0.1, -0.05) is 61.8 Å². The highest BCUT2D eigenvalue weighted by molar-refractivity contribution is 5.78. The van der Waals surface area contributed by atoms with Gasteiger partial charge in [-0.15, -0.1) is 0 Å². The molecule has 4 aliphatic rings. The van der Waals surface area contributed by atoms with Crippen LogP contribution in [0.5, 0.6) is 0 Å². The maximum Gasteiger partial charge on any atom is 0.249 e. The number of carbonyl (C=O) groups excluding carboxylic acids is 2. The van der Waals surface area contributed by atoms with E-state index in [1.165, 1.54) is 38.8 Å². The number of hydrogen-bond acceptors (Lipinski definition) is 6. The van der Waals surface area contributed by atoms with Crippen LogP contribution in [0.15, 0.2) is 0 Å². The number of piperidine rings is 2. The second kappa shape index (κ2) is 30.3. The van der Waals surface area contributed by atoms with E-state index in [0.717, 1.165) is 52.2 Å². The standard InChI is InChI=1S/C9H17NO.C9H19N.C8H15NO2.C8H17NO.4C2H6/c1-9(2,3)10-7-5-4-6-8(10)11;1-9(2,3)10-7-5-4-6-8-10;1-8(2,3)9-4-5-11-6-7(9)10;1-8(2,3)9-4-6-10-7-5-9;4*1-2/h4-7H2,1-3H3;4-8H2,1-3H3;4-6H2,1-3H3;4-7H2,1-3H3;4*1-2H3. The summed E-state index contributed by atoms with van der Waals surface area (Å²) >= 11 is 0. The molecule has 4 aliphatic heterocycles. The SMILES string of the molecule is CC.CC.CC.CC.CC(C)(C)N1CCCCC1.CC(C)(C)N1CCCCC1=O.CC(C)(C)N1CCOCC1.CC(C)(C)N1CCOCC1=O. The number of rotatable bonds is 0. The first kappa shape index (κ1) is 55.5. The number of likely N-dealkylation sites (tertiary alicyclic amines) is 2. The van der Waals surface area contributed by atoms with Gasteiger partial charge in [-0.2, -0.15) is 0 Å². The topological polar surface area (TPSA) is 65.6 Å². The van der Waals surface area contributed by atoms with Crippen LogP contribution in [0.4, 0.5) is 0 Å². The van der Waals surface area contributed by atoms with Crippen LogP contribution in [-0.2, 0) is 19.1 Å². The summed E-state index contributed by atoms with van der Waals surface area (Å²) in [5.74, 6) is 0.424. The second-order valence-electron chi connectivity index (χ2n) is 15.9. The van der Waals surface area contributed by atoms with E-state index >= 15 is 0 Å². The molecule has 0 spiro atoms. The van der Waals surface area contributed by atoms with Crippen LogP contribution in [0.1, 0.15) is 177 Å². The summed E-state index contributed by atoms with van der Waals surface area (Å²) < 4.78 is 10.3. The predicted octanol–water partition coefficient (Wildman–Crippen LogP) is 9.93. The van der Waals surface area contributed by atoms with Crippen molar-refractivity contribution in [1.82, 2.24) is 19.6 Å². The predicted molar refractivity (Wildman–Crippen MR) is 220 cm³/mol. The Labute approximate surface area is 314 Å². The van der Waals surface area contributed by atoms with E-state index in [9.17, 15) is 9.59 Å². The summed E-state index contributed by atoms with van der Waals surface area (Å²) in [6, 6.07) is 0. The van der Waals surface area contributed by atoms with Crippen molar-refractivity contribution in [3.05, 3.63) is 0 Å². The Hall–Kier alpha value is -1.22. The monoisotopic (exact) mass is 717 g/mol. The van der Waals surface area contributed by atoms with E-state index in [0.29, 0.717) is 23.6 Å². The van der Waals surface area contributed by atoms with E-state index < -0.39 is 0 Å². The average Bonchev–Trinajstić information content (AvgIpc) is 3.09. The van der Waals surface area contributed by atoms with Crippen LogP contribution in [0.2, 0.25) is 0 Å². The minimum absolute atomic E-state index is 0.0253. The Morgan fingerprint density at radius 2 is 0.760 bits per heavy atom. The van der Waals surface area contributed by atoms with Gasteiger partial charge >= 0.3 is 0 Å². The van der Waals surface area contributed by atoms with Crippen LogP contribution in [0.3, 0.4) is 0 Å². The molecular weight excluding hydrogens is 624 g/mol. The third-order valence-corrected chi connectivity index (χ3v) is 8.19. The van der Waals surface area contributed by atoms with E-state index in [4.69, 9.17) is 9.47 Å². The van der Waals surface area contributed by atoms with Gasteiger partial charge in [0.05, 0.1) is 19.8 Å². The Kier molecular flexibility index (Phi) is 33.6. The minimum atomic E-state index is -0.0547. The summed E-state index contributed by atoms with van der Waals surface area (Å²) in [5, 5.41) is 0. The van der Waals surface area contributed by atoms with Crippen molar-refractivity contribution in [3.8, 4) is 0 Å². The van der Waals surface area contributed by atoms with Gasteiger partial charge < -0.3 is 19.3 Å². The van der Waals surface area contributed by atoms with Gasteiger partial charge in [-0.3, -0.25) is 19.4 Å². The Bertz CT molecular complexity index is 714. The van der Waals surface area contributed by atoms with Crippen LogP contribution in [0.25, 0.3) is 0 Å². The molecule has 8 heteroatoms. The Morgan fingerprint density at radius 3 is 1.04 bits per heavy atom. The van der Waals surface area contributed by atoms with Crippen molar-refractivity contribution in [2.75, 3.05) is 65.7 Å². The highest BCUT2D eigenvalue weighted by atomic mass is 16.5. The van der Waals surface area contributed by atoms with Gasteiger partial charge in [-0.05, 0) is 122 Å². The minimum Gasteiger partial charge on any atom is -0.379 e. The molecule has 50 heavy (non-hydrogen) atoms. The maximum atomic E-state index is 11.4. The van der Waals surface area contributed by atoms with Crippen molar-refractivity contribution in [2.45, 2.75) is 199 Å². The summed E-state index contributed by atoms with van der Waals surface area (Å²) in [6.45, 7) is 51.2.